The summed E-state index contributed by atoms with van der Waals surface area (Å²) in [5, 5.41) is 4.25. The van der Waals surface area contributed by atoms with Crippen LogP contribution in [0.1, 0.15) is 35.3 Å². The molecule has 0 unspecified atom stereocenters. The number of nitrogens with zero attached hydrogens (tertiary/aromatic N) is 2. The van der Waals surface area contributed by atoms with Crippen LogP contribution in [0, 0.1) is 0 Å². The van der Waals surface area contributed by atoms with E-state index in [0.717, 1.165) is 12.1 Å². The number of benzene rings is 2. The maximum Gasteiger partial charge on any atom is 0.416 e. The number of alkyl halides is 3. The standard InChI is InChI=1S/C22H21ClF3N3O/c1-3-29(4-2)21(30)18-13-27-19-9-8-16(23)11-17(19)20(18)28-12-14-6-5-7-15(10-14)22(24,25)26/h5-11,13H,3-4,12H2,1-2H3,(H,27,28). The molecule has 1 aromatic heterocycles. The van der Waals surface area contributed by atoms with Crippen LogP contribution >= 0.6 is 11.6 Å². The van der Waals surface area contributed by atoms with Crippen molar-refractivity contribution in [3.63, 3.8) is 0 Å². The number of pyridine rings is 1. The van der Waals surface area contributed by atoms with Crippen molar-refractivity contribution in [3.8, 4) is 0 Å². The zero-order valence-electron chi connectivity index (χ0n) is 16.6. The van der Waals surface area contributed by atoms with Crippen molar-refractivity contribution in [1.29, 1.82) is 0 Å². The second kappa shape index (κ2) is 8.92. The number of hydrogen-bond acceptors (Lipinski definition) is 3. The molecular formula is C22H21ClF3N3O. The Bertz CT molecular complexity index is 1070. The molecule has 0 saturated heterocycles. The third-order valence-electron chi connectivity index (χ3n) is 4.83. The van der Waals surface area contributed by atoms with Crippen LogP contribution in [0.4, 0.5) is 18.9 Å². The van der Waals surface area contributed by atoms with Gasteiger partial charge in [0.15, 0.2) is 0 Å². The van der Waals surface area contributed by atoms with Crippen LogP contribution < -0.4 is 5.32 Å². The summed E-state index contributed by atoms with van der Waals surface area (Å²) in [6, 6.07) is 10.2. The Labute approximate surface area is 177 Å². The lowest BCUT2D eigenvalue weighted by atomic mass is 10.1. The molecule has 3 aromatic rings. The summed E-state index contributed by atoms with van der Waals surface area (Å²) in [7, 11) is 0. The first-order valence-corrected chi connectivity index (χ1v) is 9.90. The van der Waals surface area contributed by atoms with Crippen molar-refractivity contribution < 1.29 is 18.0 Å². The summed E-state index contributed by atoms with van der Waals surface area (Å²) in [6.07, 6.45) is -2.93. The number of amides is 1. The first-order valence-electron chi connectivity index (χ1n) is 9.52. The van der Waals surface area contributed by atoms with E-state index in [4.69, 9.17) is 11.6 Å². The van der Waals surface area contributed by atoms with Gasteiger partial charge in [-0.1, -0.05) is 23.7 Å². The van der Waals surface area contributed by atoms with Crippen molar-refractivity contribution in [2.24, 2.45) is 0 Å². The number of hydrogen-bond donors (Lipinski definition) is 1. The fourth-order valence-electron chi connectivity index (χ4n) is 3.25. The highest BCUT2D eigenvalue weighted by Gasteiger charge is 2.30. The third kappa shape index (κ3) is 4.67. The highest BCUT2D eigenvalue weighted by Crippen LogP contribution is 2.32. The van der Waals surface area contributed by atoms with Crippen LogP contribution in [0.2, 0.25) is 5.02 Å². The Kier molecular flexibility index (Phi) is 6.51. The molecule has 0 spiro atoms. The molecule has 0 bridgehead atoms. The van der Waals surface area contributed by atoms with Crippen LogP contribution in [0.15, 0.2) is 48.7 Å². The van der Waals surface area contributed by atoms with E-state index in [0.29, 0.717) is 45.8 Å². The molecule has 2 aromatic carbocycles. The molecule has 30 heavy (non-hydrogen) atoms. The first-order chi connectivity index (χ1) is 14.2. The largest absolute Gasteiger partial charge is 0.416 e. The van der Waals surface area contributed by atoms with E-state index in [2.05, 4.69) is 10.3 Å². The molecule has 0 radical (unpaired) electrons. The van der Waals surface area contributed by atoms with Crippen LogP contribution in [0.25, 0.3) is 10.9 Å². The Balaban J connectivity index is 2.03. The van der Waals surface area contributed by atoms with Crippen LogP contribution in [0.5, 0.6) is 0 Å². The van der Waals surface area contributed by atoms with Gasteiger partial charge in [0.25, 0.3) is 5.91 Å². The average molecular weight is 436 g/mol. The van der Waals surface area contributed by atoms with Crippen LogP contribution in [-0.4, -0.2) is 28.9 Å². The predicted molar refractivity (Wildman–Crippen MR) is 113 cm³/mol. The van der Waals surface area contributed by atoms with E-state index in [1.165, 1.54) is 12.3 Å². The van der Waals surface area contributed by atoms with E-state index < -0.39 is 11.7 Å². The van der Waals surface area contributed by atoms with Gasteiger partial charge in [-0.2, -0.15) is 13.2 Å². The van der Waals surface area contributed by atoms with Gasteiger partial charge in [-0.05, 0) is 49.7 Å². The third-order valence-corrected chi connectivity index (χ3v) is 5.07. The molecule has 1 amide bonds. The summed E-state index contributed by atoms with van der Waals surface area (Å²) < 4.78 is 39.1. The Morgan fingerprint density at radius 3 is 2.53 bits per heavy atom. The first kappa shape index (κ1) is 21.9. The number of aromatic nitrogens is 1. The number of rotatable bonds is 6. The monoisotopic (exact) mass is 435 g/mol. The molecule has 158 valence electrons. The van der Waals surface area contributed by atoms with Gasteiger partial charge in [0.05, 0.1) is 22.3 Å². The number of fused-ring (bicyclic) bond motifs is 1. The second-order valence-electron chi connectivity index (χ2n) is 6.74. The molecular weight excluding hydrogens is 415 g/mol. The minimum Gasteiger partial charge on any atom is -0.380 e. The highest BCUT2D eigenvalue weighted by molar-refractivity contribution is 6.31. The van der Waals surface area contributed by atoms with E-state index >= 15 is 0 Å². The van der Waals surface area contributed by atoms with E-state index in [1.54, 1.807) is 29.2 Å². The summed E-state index contributed by atoms with van der Waals surface area (Å²) >= 11 is 6.15. The molecule has 1 heterocycles. The summed E-state index contributed by atoms with van der Waals surface area (Å²) in [5.74, 6) is -0.207. The Morgan fingerprint density at radius 2 is 1.87 bits per heavy atom. The van der Waals surface area contributed by atoms with Gasteiger partial charge in [-0.3, -0.25) is 9.78 Å². The predicted octanol–water partition coefficient (Wildman–Crippen LogP) is 6.00. The maximum atomic E-state index is 13.0. The van der Waals surface area contributed by atoms with Gasteiger partial charge in [0.2, 0.25) is 0 Å². The topological polar surface area (TPSA) is 45.2 Å². The van der Waals surface area contributed by atoms with Gasteiger partial charge < -0.3 is 10.2 Å². The van der Waals surface area contributed by atoms with Crippen LogP contribution in [0.3, 0.4) is 0 Å². The lowest BCUT2D eigenvalue weighted by Crippen LogP contribution is -2.31. The van der Waals surface area contributed by atoms with Gasteiger partial charge in [-0.25, -0.2) is 0 Å². The van der Waals surface area contributed by atoms with Crippen LogP contribution in [-0.2, 0) is 12.7 Å². The smallest absolute Gasteiger partial charge is 0.380 e. The number of nitrogens with one attached hydrogen (secondary N) is 1. The number of carbonyl (C=O) groups excluding carboxylic acids is 1. The average Bonchev–Trinajstić information content (AvgIpc) is 2.72. The Morgan fingerprint density at radius 1 is 1.13 bits per heavy atom. The molecule has 4 nitrogen and oxygen atoms in total. The number of anilines is 1. The molecule has 0 saturated carbocycles. The SMILES string of the molecule is CCN(CC)C(=O)c1cnc2ccc(Cl)cc2c1NCc1cccc(C(F)(F)F)c1. The minimum atomic E-state index is -4.42. The van der Waals surface area contributed by atoms with Crippen molar-refractivity contribution in [2.75, 3.05) is 18.4 Å². The molecule has 1 N–H and O–H groups in total. The van der Waals surface area contributed by atoms with Gasteiger partial charge in [0.1, 0.15) is 0 Å². The van der Waals surface area contributed by atoms with E-state index in [-0.39, 0.29) is 12.5 Å². The zero-order valence-corrected chi connectivity index (χ0v) is 17.3. The van der Waals surface area contributed by atoms with Gasteiger partial charge >= 0.3 is 6.18 Å². The van der Waals surface area contributed by atoms with Crippen molar-refractivity contribution in [3.05, 3.63) is 70.4 Å². The Hall–Kier alpha value is -2.80. The molecule has 3 rings (SSSR count). The molecule has 0 aliphatic rings. The molecule has 8 heteroatoms. The highest BCUT2D eigenvalue weighted by atomic mass is 35.5. The van der Waals surface area contributed by atoms with Crippen molar-refractivity contribution in [1.82, 2.24) is 9.88 Å². The number of halogens is 4. The summed E-state index contributed by atoms with van der Waals surface area (Å²) in [6.45, 7) is 4.91. The number of carbonyl (C=O) groups is 1. The zero-order chi connectivity index (χ0) is 21.9. The lowest BCUT2D eigenvalue weighted by molar-refractivity contribution is -0.137. The van der Waals surface area contributed by atoms with Crippen molar-refractivity contribution in [2.45, 2.75) is 26.6 Å². The molecule has 0 aliphatic carbocycles. The molecule has 0 fully saturated rings. The van der Waals surface area contributed by atoms with Crippen molar-refractivity contribution >= 4 is 34.1 Å². The fourth-order valence-corrected chi connectivity index (χ4v) is 3.42. The second-order valence-corrected chi connectivity index (χ2v) is 7.17. The molecule has 0 atom stereocenters. The molecule has 0 aliphatic heterocycles. The lowest BCUT2D eigenvalue weighted by Gasteiger charge is -2.22. The van der Waals surface area contributed by atoms with Gasteiger partial charge in [0, 0.05) is 36.2 Å². The summed E-state index contributed by atoms with van der Waals surface area (Å²) in [5.41, 5.74) is 1.20. The van der Waals surface area contributed by atoms with E-state index in [1.807, 2.05) is 13.8 Å². The summed E-state index contributed by atoms with van der Waals surface area (Å²) in [4.78, 5) is 19.0. The fraction of sp³-hybridized carbons (Fsp3) is 0.273. The maximum absolute atomic E-state index is 13.0. The van der Waals surface area contributed by atoms with Gasteiger partial charge in [-0.15, -0.1) is 0 Å². The quantitative estimate of drug-likeness (QED) is 0.516. The minimum absolute atomic E-state index is 0.105. The van der Waals surface area contributed by atoms with E-state index in [9.17, 15) is 18.0 Å². The normalized spacial score (nSPS) is 11.5.